The van der Waals surface area contributed by atoms with Crippen molar-refractivity contribution in [2.45, 2.75) is 26.0 Å². The lowest BCUT2D eigenvalue weighted by Crippen LogP contribution is -2.32. The first-order valence-corrected chi connectivity index (χ1v) is 3.72. The molecule has 1 heterocycles. The van der Waals surface area contributed by atoms with Gasteiger partial charge in [-0.2, -0.15) is 0 Å². The maximum absolute atomic E-state index is 11.1. The molecule has 66 valence electrons. The summed E-state index contributed by atoms with van der Waals surface area (Å²) < 4.78 is 1.42. The van der Waals surface area contributed by atoms with Crippen LogP contribution in [-0.4, -0.2) is 20.3 Å². The number of hydrogen-bond donors (Lipinski definition) is 1. The molecule has 0 unspecified atom stereocenters. The Morgan fingerprint density at radius 1 is 1.67 bits per heavy atom. The van der Waals surface area contributed by atoms with Crippen molar-refractivity contribution in [2.75, 3.05) is 0 Å². The van der Waals surface area contributed by atoms with Crippen molar-refractivity contribution in [3.8, 4) is 0 Å². The molecular weight excluding hydrogens is 156 g/mol. The first-order chi connectivity index (χ1) is 5.49. The molecular formula is C8H12N2O2. The molecule has 1 N–H and O–H groups in total. The van der Waals surface area contributed by atoms with E-state index in [1.807, 2.05) is 0 Å². The summed E-state index contributed by atoms with van der Waals surface area (Å²) in [5, 5.41) is 9.42. The molecule has 0 saturated heterocycles. The molecule has 0 aliphatic heterocycles. The molecule has 0 radical (unpaired) electrons. The van der Waals surface area contributed by atoms with Crippen molar-refractivity contribution in [2.24, 2.45) is 0 Å². The highest BCUT2D eigenvalue weighted by Crippen LogP contribution is 2.02. The molecule has 0 saturated carbocycles. The van der Waals surface area contributed by atoms with Crippen molar-refractivity contribution in [3.05, 3.63) is 28.9 Å². The Morgan fingerprint density at radius 2 is 2.33 bits per heavy atom. The Bertz CT molecular complexity index is 311. The van der Waals surface area contributed by atoms with Gasteiger partial charge >= 0.3 is 0 Å². The van der Waals surface area contributed by atoms with Gasteiger partial charge in [0.2, 0.25) is 0 Å². The summed E-state index contributed by atoms with van der Waals surface area (Å²) in [6, 6.07) is 0. The largest absolute Gasteiger partial charge is 0.389 e. The molecule has 0 aliphatic carbocycles. The van der Waals surface area contributed by atoms with E-state index < -0.39 is 5.60 Å². The smallest absolute Gasteiger partial charge is 0.269 e. The summed E-state index contributed by atoms with van der Waals surface area (Å²) in [6.07, 6.45) is 4.30. The van der Waals surface area contributed by atoms with E-state index in [0.29, 0.717) is 0 Å². The number of nitrogens with zero attached hydrogens (tertiary/aromatic N) is 2. The summed E-state index contributed by atoms with van der Waals surface area (Å²) in [6.45, 7) is 3.59. The molecule has 0 aliphatic rings. The molecule has 0 amide bonds. The second-order valence-electron chi connectivity index (χ2n) is 3.35. The van der Waals surface area contributed by atoms with Gasteiger partial charge in [-0.25, -0.2) is 0 Å². The topological polar surface area (TPSA) is 55.1 Å². The van der Waals surface area contributed by atoms with E-state index in [-0.39, 0.29) is 12.1 Å². The van der Waals surface area contributed by atoms with Crippen LogP contribution in [0.25, 0.3) is 0 Å². The summed E-state index contributed by atoms with van der Waals surface area (Å²) in [4.78, 5) is 14.7. The van der Waals surface area contributed by atoms with Gasteiger partial charge in [0.05, 0.1) is 18.3 Å². The minimum Gasteiger partial charge on any atom is -0.389 e. The minimum absolute atomic E-state index is 0.195. The van der Waals surface area contributed by atoms with E-state index in [1.165, 1.54) is 17.0 Å². The van der Waals surface area contributed by atoms with Crippen LogP contribution in [0.2, 0.25) is 0 Å². The van der Waals surface area contributed by atoms with Crippen LogP contribution in [0.4, 0.5) is 0 Å². The standard InChI is InChI=1S/C8H12N2O2/c1-8(2,12)6-10-4-3-9-5-7(10)11/h3-5,12H,6H2,1-2H3. The second-order valence-corrected chi connectivity index (χ2v) is 3.35. The number of aliphatic hydroxyl groups is 1. The van der Waals surface area contributed by atoms with Gasteiger partial charge in [-0.15, -0.1) is 0 Å². The third-order valence-electron chi connectivity index (χ3n) is 1.36. The van der Waals surface area contributed by atoms with Crippen LogP contribution in [0.5, 0.6) is 0 Å². The Hall–Kier alpha value is -1.16. The van der Waals surface area contributed by atoms with Crippen molar-refractivity contribution >= 4 is 0 Å². The molecule has 4 nitrogen and oxygen atoms in total. The first kappa shape index (κ1) is 8.93. The zero-order valence-corrected chi connectivity index (χ0v) is 7.19. The molecule has 1 aromatic heterocycles. The molecule has 0 bridgehead atoms. The Balaban J connectivity index is 2.91. The van der Waals surface area contributed by atoms with E-state index in [1.54, 1.807) is 20.0 Å². The zero-order valence-electron chi connectivity index (χ0n) is 7.19. The average Bonchev–Trinajstić information content (AvgIpc) is 1.91. The lowest BCUT2D eigenvalue weighted by molar-refractivity contribution is 0.0603. The lowest BCUT2D eigenvalue weighted by Gasteiger charge is -2.17. The van der Waals surface area contributed by atoms with Crippen molar-refractivity contribution in [1.82, 2.24) is 9.55 Å². The third-order valence-corrected chi connectivity index (χ3v) is 1.36. The lowest BCUT2D eigenvalue weighted by atomic mass is 10.1. The van der Waals surface area contributed by atoms with E-state index in [4.69, 9.17) is 0 Å². The van der Waals surface area contributed by atoms with E-state index in [0.717, 1.165) is 0 Å². The predicted molar refractivity (Wildman–Crippen MR) is 44.8 cm³/mol. The maximum atomic E-state index is 11.1. The van der Waals surface area contributed by atoms with Crippen LogP contribution in [0.15, 0.2) is 23.4 Å². The number of rotatable bonds is 2. The van der Waals surface area contributed by atoms with Crippen LogP contribution >= 0.6 is 0 Å². The Labute approximate surface area is 70.5 Å². The fourth-order valence-electron chi connectivity index (χ4n) is 0.921. The quantitative estimate of drug-likeness (QED) is 0.677. The minimum atomic E-state index is -0.870. The highest BCUT2D eigenvalue weighted by Gasteiger charge is 2.13. The van der Waals surface area contributed by atoms with Crippen LogP contribution in [0.1, 0.15) is 13.8 Å². The zero-order chi connectivity index (χ0) is 9.19. The molecule has 4 heteroatoms. The Kier molecular flexibility index (Phi) is 2.28. The van der Waals surface area contributed by atoms with Gasteiger partial charge in [0.25, 0.3) is 5.56 Å². The SMILES string of the molecule is CC(C)(O)Cn1ccncc1=O. The van der Waals surface area contributed by atoms with Gasteiger partial charge in [-0.3, -0.25) is 9.78 Å². The van der Waals surface area contributed by atoms with E-state index in [2.05, 4.69) is 4.98 Å². The molecule has 1 aromatic rings. The number of hydrogen-bond acceptors (Lipinski definition) is 3. The monoisotopic (exact) mass is 168 g/mol. The van der Waals surface area contributed by atoms with Crippen LogP contribution in [0.3, 0.4) is 0 Å². The normalized spacial score (nSPS) is 11.6. The second kappa shape index (κ2) is 3.06. The molecule has 12 heavy (non-hydrogen) atoms. The maximum Gasteiger partial charge on any atom is 0.269 e. The van der Waals surface area contributed by atoms with Crippen molar-refractivity contribution in [1.29, 1.82) is 0 Å². The fourth-order valence-corrected chi connectivity index (χ4v) is 0.921. The van der Waals surface area contributed by atoms with E-state index in [9.17, 15) is 9.90 Å². The van der Waals surface area contributed by atoms with E-state index >= 15 is 0 Å². The van der Waals surface area contributed by atoms with Gasteiger partial charge in [0.15, 0.2) is 0 Å². The van der Waals surface area contributed by atoms with Gasteiger partial charge < -0.3 is 9.67 Å². The van der Waals surface area contributed by atoms with Crippen molar-refractivity contribution < 1.29 is 5.11 Å². The Morgan fingerprint density at radius 3 is 2.83 bits per heavy atom. The van der Waals surface area contributed by atoms with Crippen molar-refractivity contribution in [3.63, 3.8) is 0 Å². The van der Waals surface area contributed by atoms with Crippen LogP contribution < -0.4 is 5.56 Å². The molecule has 0 spiro atoms. The van der Waals surface area contributed by atoms with Gasteiger partial charge in [0, 0.05) is 12.4 Å². The summed E-state index contributed by atoms with van der Waals surface area (Å²) in [5.74, 6) is 0. The molecule has 1 rings (SSSR count). The van der Waals surface area contributed by atoms with Crippen LogP contribution in [0, 0.1) is 0 Å². The number of aromatic nitrogens is 2. The molecule has 0 aromatic carbocycles. The fraction of sp³-hybridized carbons (Fsp3) is 0.500. The first-order valence-electron chi connectivity index (χ1n) is 3.72. The highest BCUT2D eigenvalue weighted by atomic mass is 16.3. The highest BCUT2D eigenvalue weighted by molar-refractivity contribution is 4.82. The molecule has 0 atom stereocenters. The summed E-state index contributed by atoms with van der Waals surface area (Å²) in [5.41, 5.74) is -1.06. The van der Waals surface area contributed by atoms with Gasteiger partial charge in [-0.1, -0.05) is 0 Å². The summed E-state index contributed by atoms with van der Waals surface area (Å²) in [7, 11) is 0. The molecule has 0 fully saturated rings. The van der Waals surface area contributed by atoms with Crippen LogP contribution in [-0.2, 0) is 6.54 Å². The third kappa shape index (κ3) is 2.47. The average molecular weight is 168 g/mol. The van der Waals surface area contributed by atoms with Gasteiger partial charge in [-0.05, 0) is 13.8 Å². The predicted octanol–water partition coefficient (Wildman–Crippen LogP) is 0.0142. The van der Waals surface area contributed by atoms with Gasteiger partial charge in [0.1, 0.15) is 0 Å². The summed E-state index contributed by atoms with van der Waals surface area (Å²) >= 11 is 0.